The van der Waals surface area contributed by atoms with Gasteiger partial charge in [0.05, 0.1) is 5.56 Å². The van der Waals surface area contributed by atoms with Crippen molar-refractivity contribution in [2.75, 3.05) is 0 Å². The molecule has 0 aliphatic rings. The lowest BCUT2D eigenvalue weighted by molar-refractivity contribution is -0.134. The van der Waals surface area contributed by atoms with E-state index in [1.807, 2.05) is 0 Å². The number of benzene rings is 1. The van der Waals surface area contributed by atoms with Crippen molar-refractivity contribution < 1.29 is 36.2 Å². The highest BCUT2D eigenvalue weighted by atomic mass is 19.2. The Morgan fingerprint density at radius 1 is 1.00 bits per heavy atom. The van der Waals surface area contributed by atoms with Crippen LogP contribution in [0.3, 0.4) is 0 Å². The van der Waals surface area contributed by atoms with Crippen LogP contribution >= 0.6 is 0 Å². The molecule has 0 radical (unpaired) electrons. The van der Waals surface area contributed by atoms with Gasteiger partial charge < -0.3 is 5.11 Å². The molecule has 8 heteroatoms. The standard InChI is InChI=1S/C9H2F6O2/c10-3-1-2(4(11)7(14)6(3)13)5(12)8(15)9(16)17/h1H,(H,16,17). The van der Waals surface area contributed by atoms with E-state index in [2.05, 4.69) is 0 Å². The van der Waals surface area contributed by atoms with Crippen LogP contribution in [-0.4, -0.2) is 11.1 Å². The van der Waals surface area contributed by atoms with Crippen molar-refractivity contribution in [2.24, 2.45) is 0 Å². The van der Waals surface area contributed by atoms with Gasteiger partial charge in [0, 0.05) is 0 Å². The maximum atomic E-state index is 13.0. The maximum Gasteiger partial charge on any atom is 0.367 e. The Bertz CT molecular complexity index is 523. The SMILES string of the molecule is O=C(O)C(F)=C(F)c1cc(F)c(F)c(F)c1F. The van der Waals surface area contributed by atoms with E-state index in [0.29, 0.717) is 0 Å². The predicted octanol–water partition coefficient (Wildman–Crippen LogP) is 2.94. The van der Waals surface area contributed by atoms with Crippen molar-refractivity contribution in [2.45, 2.75) is 0 Å². The molecule has 0 atom stereocenters. The topological polar surface area (TPSA) is 37.3 Å². The number of carboxylic acid groups (broad SMARTS) is 1. The lowest BCUT2D eigenvalue weighted by atomic mass is 10.1. The Labute approximate surface area is 89.8 Å². The van der Waals surface area contributed by atoms with Gasteiger partial charge in [0.25, 0.3) is 0 Å². The van der Waals surface area contributed by atoms with Crippen LogP contribution in [0.2, 0.25) is 0 Å². The third-order valence-corrected chi connectivity index (χ3v) is 1.72. The summed E-state index contributed by atoms with van der Waals surface area (Å²) in [6, 6.07) is -0.189. The van der Waals surface area contributed by atoms with Crippen LogP contribution in [0.4, 0.5) is 26.3 Å². The van der Waals surface area contributed by atoms with Gasteiger partial charge in [0.2, 0.25) is 5.83 Å². The summed E-state index contributed by atoms with van der Waals surface area (Å²) in [5, 5.41) is 8.04. The number of halogens is 6. The van der Waals surface area contributed by atoms with Gasteiger partial charge in [-0.2, -0.15) is 4.39 Å². The number of hydrogen-bond acceptors (Lipinski definition) is 1. The first-order chi connectivity index (χ1) is 7.77. The molecule has 0 aliphatic carbocycles. The minimum atomic E-state index is -2.45. The third-order valence-electron chi connectivity index (χ3n) is 1.72. The zero-order chi connectivity index (χ0) is 13.3. The second-order valence-corrected chi connectivity index (χ2v) is 2.78. The summed E-state index contributed by atoms with van der Waals surface area (Å²) in [4.78, 5) is 10.0. The summed E-state index contributed by atoms with van der Waals surface area (Å²) in [5.41, 5.74) is -1.65. The summed E-state index contributed by atoms with van der Waals surface area (Å²) in [7, 11) is 0. The van der Waals surface area contributed by atoms with E-state index in [-0.39, 0.29) is 6.07 Å². The maximum absolute atomic E-state index is 13.0. The molecule has 0 aromatic heterocycles. The minimum Gasteiger partial charge on any atom is -0.476 e. The first-order valence-corrected chi connectivity index (χ1v) is 3.89. The average Bonchev–Trinajstić information content (AvgIpc) is 2.29. The van der Waals surface area contributed by atoms with E-state index in [0.717, 1.165) is 0 Å². The summed E-state index contributed by atoms with van der Waals surface area (Å²) < 4.78 is 76.1. The Balaban J connectivity index is 3.54. The Morgan fingerprint density at radius 2 is 1.53 bits per heavy atom. The van der Waals surface area contributed by atoms with Gasteiger partial charge in [0.1, 0.15) is 0 Å². The summed E-state index contributed by atoms with van der Waals surface area (Å²) in [6.45, 7) is 0. The molecule has 92 valence electrons. The monoisotopic (exact) mass is 256 g/mol. The van der Waals surface area contributed by atoms with Gasteiger partial charge in [-0.05, 0) is 6.07 Å². The molecule has 0 heterocycles. The smallest absolute Gasteiger partial charge is 0.367 e. The van der Waals surface area contributed by atoms with Crippen molar-refractivity contribution >= 4 is 11.8 Å². The van der Waals surface area contributed by atoms with Gasteiger partial charge in [-0.1, -0.05) is 0 Å². The Kier molecular flexibility index (Phi) is 3.45. The fourth-order valence-corrected chi connectivity index (χ4v) is 0.945. The number of hydrogen-bond donors (Lipinski definition) is 1. The Hall–Kier alpha value is -1.99. The van der Waals surface area contributed by atoms with Crippen LogP contribution in [0.15, 0.2) is 11.9 Å². The second kappa shape index (κ2) is 4.48. The van der Waals surface area contributed by atoms with Gasteiger partial charge in [-0.3, -0.25) is 0 Å². The van der Waals surface area contributed by atoms with Crippen LogP contribution < -0.4 is 0 Å². The molecule has 0 unspecified atom stereocenters. The van der Waals surface area contributed by atoms with Gasteiger partial charge in [-0.15, -0.1) is 0 Å². The molecular formula is C9H2F6O2. The first kappa shape index (κ1) is 13.1. The lowest BCUT2D eigenvalue weighted by Gasteiger charge is -2.03. The number of carboxylic acids is 1. The second-order valence-electron chi connectivity index (χ2n) is 2.78. The molecule has 0 bridgehead atoms. The van der Waals surface area contributed by atoms with Crippen molar-refractivity contribution in [3.8, 4) is 0 Å². The molecular weight excluding hydrogens is 254 g/mol. The van der Waals surface area contributed by atoms with Crippen molar-refractivity contribution in [3.05, 3.63) is 40.7 Å². The van der Waals surface area contributed by atoms with E-state index in [4.69, 9.17) is 5.11 Å². The molecule has 2 nitrogen and oxygen atoms in total. The number of carbonyl (C=O) groups is 1. The van der Waals surface area contributed by atoms with E-state index in [9.17, 15) is 31.1 Å². The first-order valence-electron chi connectivity index (χ1n) is 3.89. The minimum absolute atomic E-state index is 0.189. The number of rotatable bonds is 2. The van der Waals surface area contributed by atoms with Crippen LogP contribution in [0.1, 0.15) is 5.56 Å². The zero-order valence-corrected chi connectivity index (χ0v) is 7.70. The van der Waals surface area contributed by atoms with E-state index in [1.54, 1.807) is 0 Å². The van der Waals surface area contributed by atoms with Gasteiger partial charge in [0.15, 0.2) is 29.1 Å². The molecule has 0 aliphatic heterocycles. The summed E-state index contributed by atoms with van der Waals surface area (Å²) in [5.74, 6) is -16.0. The zero-order valence-electron chi connectivity index (χ0n) is 7.70. The van der Waals surface area contributed by atoms with Crippen molar-refractivity contribution in [1.29, 1.82) is 0 Å². The van der Waals surface area contributed by atoms with Crippen LogP contribution in [-0.2, 0) is 4.79 Å². The van der Waals surface area contributed by atoms with Gasteiger partial charge in [-0.25, -0.2) is 26.7 Å². The van der Waals surface area contributed by atoms with Crippen molar-refractivity contribution in [3.63, 3.8) is 0 Å². The van der Waals surface area contributed by atoms with Crippen molar-refractivity contribution in [1.82, 2.24) is 0 Å². The van der Waals surface area contributed by atoms with E-state index in [1.165, 1.54) is 0 Å². The predicted molar refractivity (Wildman–Crippen MR) is 43.0 cm³/mol. The highest BCUT2D eigenvalue weighted by Crippen LogP contribution is 2.28. The van der Waals surface area contributed by atoms with Gasteiger partial charge >= 0.3 is 5.97 Å². The quantitative estimate of drug-likeness (QED) is 0.382. The van der Waals surface area contributed by atoms with Crippen LogP contribution in [0, 0.1) is 23.3 Å². The molecule has 1 N–H and O–H groups in total. The van der Waals surface area contributed by atoms with Crippen LogP contribution in [0.5, 0.6) is 0 Å². The van der Waals surface area contributed by atoms with E-state index < -0.39 is 46.5 Å². The molecule has 0 saturated heterocycles. The molecule has 1 aromatic carbocycles. The normalized spacial score (nSPS) is 12.4. The Morgan fingerprint density at radius 3 is 2.00 bits per heavy atom. The largest absolute Gasteiger partial charge is 0.476 e. The van der Waals surface area contributed by atoms with E-state index >= 15 is 0 Å². The molecule has 1 aromatic rings. The molecule has 0 saturated carbocycles. The molecule has 1 rings (SSSR count). The molecule has 0 amide bonds. The lowest BCUT2D eigenvalue weighted by Crippen LogP contribution is -2.03. The third kappa shape index (κ3) is 2.24. The highest BCUT2D eigenvalue weighted by Gasteiger charge is 2.25. The molecule has 0 fully saturated rings. The molecule has 17 heavy (non-hydrogen) atoms. The fourth-order valence-electron chi connectivity index (χ4n) is 0.945. The highest BCUT2D eigenvalue weighted by molar-refractivity contribution is 5.92. The number of aliphatic carboxylic acids is 1. The van der Waals surface area contributed by atoms with Crippen LogP contribution in [0.25, 0.3) is 5.83 Å². The summed E-state index contributed by atoms with van der Waals surface area (Å²) in [6.07, 6.45) is 0. The fraction of sp³-hybridized carbons (Fsp3) is 0. The molecule has 0 spiro atoms. The average molecular weight is 256 g/mol. The summed E-state index contributed by atoms with van der Waals surface area (Å²) >= 11 is 0.